The van der Waals surface area contributed by atoms with Crippen LogP contribution in [0.4, 0.5) is 0 Å². The number of carbonyl (C=O) groups excluding carboxylic acids is 4. The minimum absolute atomic E-state index is 0.102. The van der Waals surface area contributed by atoms with Gasteiger partial charge >= 0.3 is 11.9 Å². The second-order valence-electron chi connectivity index (χ2n) is 15.8. The third-order valence-electron chi connectivity index (χ3n) is 10.8. The van der Waals surface area contributed by atoms with E-state index in [9.17, 15) is 19.2 Å². The highest BCUT2D eigenvalue weighted by Crippen LogP contribution is 2.39. The Hall–Kier alpha value is -5.59. The van der Waals surface area contributed by atoms with Gasteiger partial charge in [-0.3, -0.25) is 14.4 Å². The summed E-state index contributed by atoms with van der Waals surface area (Å²) in [5, 5.41) is 8.81. The van der Waals surface area contributed by atoms with Gasteiger partial charge in [-0.25, -0.2) is 4.79 Å². The van der Waals surface area contributed by atoms with Crippen LogP contribution in [0.1, 0.15) is 109 Å². The first-order valence-electron chi connectivity index (χ1n) is 20.5. The fourth-order valence-corrected chi connectivity index (χ4v) is 7.88. The Balaban J connectivity index is 1.47. The Kier molecular flexibility index (Phi) is 13.5. The molecule has 5 aromatic rings. The second kappa shape index (κ2) is 18.6. The fourth-order valence-electron chi connectivity index (χ4n) is 7.88. The molecule has 312 valence electrons. The van der Waals surface area contributed by atoms with E-state index in [1.54, 1.807) is 31.2 Å². The number of aromatic nitrogens is 1. The first-order chi connectivity index (χ1) is 28.2. The number of ether oxygens (including phenoxy) is 3. The van der Waals surface area contributed by atoms with Gasteiger partial charge in [0.25, 0.3) is 5.91 Å². The summed E-state index contributed by atoms with van der Waals surface area (Å²) in [6.45, 7) is 15.3. The highest BCUT2D eigenvalue weighted by atomic mass is 16.7. The number of oxime groups is 1. The van der Waals surface area contributed by atoms with E-state index in [-0.39, 0.29) is 18.3 Å². The topological polar surface area (TPSA) is 135 Å². The number of unbranched alkanes of at least 4 members (excludes halogenated alkanes) is 1. The Labute approximate surface area is 345 Å². The van der Waals surface area contributed by atoms with E-state index in [1.807, 2.05) is 56.3 Å². The molecule has 12 nitrogen and oxygen atoms in total. The molecule has 0 aliphatic carbocycles. The number of amides is 1. The van der Waals surface area contributed by atoms with Crippen molar-refractivity contribution in [3.63, 3.8) is 0 Å². The fraction of sp³-hybridized carbons (Fsp3) is 0.426. The number of hydrogen-bond donors (Lipinski definition) is 0. The van der Waals surface area contributed by atoms with Crippen molar-refractivity contribution in [3.8, 4) is 5.75 Å². The summed E-state index contributed by atoms with van der Waals surface area (Å²) in [6, 6.07) is 22.5. The Morgan fingerprint density at radius 3 is 2.24 bits per heavy atom. The highest BCUT2D eigenvalue weighted by molar-refractivity contribution is 6.26. The van der Waals surface area contributed by atoms with Crippen LogP contribution in [-0.4, -0.2) is 70.1 Å². The molecule has 0 bridgehead atoms. The third-order valence-corrected chi connectivity index (χ3v) is 10.8. The standard InChI is InChI=1S/C47H55N3O9/c1-9-11-14-33(10-2)26-49-44-22-19-35(43(48-58-31(5)52)23-29(3)50(30(4)51)59-32(6)53)24-40(44)41-25-42(38-15-12-13-16-39(38)45(41)49)46(54)34-17-20-36(21-18-34)55-27-37-28-56-47(7,8)57-37/h12-13,15-22,24-25,29,33,37H,9-11,14,23,26-28H2,1-8H3. The molecule has 12 heteroatoms. The van der Waals surface area contributed by atoms with Gasteiger partial charge in [-0.15, -0.1) is 0 Å². The van der Waals surface area contributed by atoms with Crippen LogP contribution in [0.5, 0.6) is 5.75 Å². The number of carbonyl (C=O) groups is 4. The molecule has 59 heavy (non-hydrogen) atoms. The zero-order valence-corrected chi connectivity index (χ0v) is 35.3. The molecule has 1 aromatic heterocycles. The number of hydroxylamine groups is 2. The van der Waals surface area contributed by atoms with E-state index >= 15 is 0 Å². The first-order valence-corrected chi connectivity index (χ1v) is 20.5. The lowest BCUT2D eigenvalue weighted by molar-refractivity contribution is -0.202. The molecule has 2 heterocycles. The number of benzene rings is 4. The molecule has 0 N–H and O–H groups in total. The Morgan fingerprint density at radius 1 is 0.898 bits per heavy atom. The SMILES string of the molecule is CCCCC(CC)Cn1c2ccc(C(CC(C)N(OC(C)=O)C(C)=O)=NOC(C)=O)cc2c2cc(C(=O)c3ccc(OCC4COC(C)(C)O4)cc3)c3ccccc3c21. The molecule has 1 aliphatic heterocycles. The van der Waals surface area contributed by atoms with Gasteiger partial charge in [-0.1, -0.05) is 68.6 Å². The van der Waals surface area contributed by atoms with Crippen molar-refractivity contribution in [3.05, 3.63) is 89.5 Å². The predicted molar refractivity (Wildman–Crippen MR) is 227 cm³/mol. The second-order valence-corrected chi connectivity index (χ2v) is 15.8. The van der Waals surface area contributed by atoms with Gasteiger partial charge in [-0.05, 0) is 81.0 Å². The molecule has 0 radical (unpaired) electrons. The van der Waals surface area contributed by atoms with E-state index in [2.05, 4.69) is 29.6 Å². The van der Waals surface area contributed by atoms with Crippen molar-refractivity contribution in [2.45, 2.75) is 112 Å². The van der Waals surface area contributed by atoms with Crippen LogP contribution in [0.2, 0.25) is 0 Å². The molecule has 1 saturated heterocycles. The monoisotopic (exact) mass is 805 g/mol. The molecular formula is C47H55N3O9. The maximum Gasteiger partial charge on any atom is 0.331 e. The van der Waals surface area contributed by atoms with Crippen molar-refractivity contribution in [2.75, 3.05) is 13.2 Å². The van der Waals surface area contributed by atoms with Crippen LogP contribution in [0.15, 0.2) is 78.0 Å². The number of rotatable bonds is 16. The lowest BCUT2D eigenvalue weighted by Gasteiger charge is -2.26. The van der Waals surface area contributed by atoms with Crippen LogP contribution in [0.3, 0.4) is 0 Å². The molecule has 1 fully saturated rings. The zero-order chi connectivity index (χ0) is 42.4. The lowest BCUT2D eigenvalue weighted by atomic mass is 9.94. The quantitative estimate of drug-likeness (QED) is 0.0414. The molecule has 1 aliphatic rings. The van der Waals surface area contributed by atoms with E-state index in [0.29, 0.717) is 47.3 Å². The van der Waals surface area contributed by atoms with Crippen molar-refractivity contribution >= 4 is 61.9 Å². The van der Waals surface area contributed by atoms with Gasteiger partial charge in [0.2, 0.25) is 0 Å². The van der Waals surface area contributed by atoms with E-state index < -0.39 is 29.7 Å². The van der Waals surface area contributed by atoms with Crippen LogP contribution in [-0.2, 0) is 40.1 Å². The van der Waals surface area contributed by atoms with Crippen molar-refractivity contribution < 1.29 is 43.1 Å². The van der Waals surface area contributed by atoms with Gasteiger partial charge in [0, 0.05) is 72.1 Å². The summed E-state index contributed by atoms with van der Waals surface area (Å²) < 4.78 is 19.9. The Morgan fingerprint density at radius 2 is 1.61 bits per heavy atom. The van der Waals surface area contributed by atoms with Gasteiger partial charge < -0.3 is 28.5 Å². The minimum Gasteiger partial charge on any atom is -0.491 e. The highest BCUT2D eigenvalue weighted by Gasteiger charge is 2.33. The molecule has 3 unspecified atom stereocenters. The Bertz CT molecular complexity index is 2380. The van der Waals surface area contributed by atoms with Crippen molar-refractivity contribution in [2.24, 2.45) is 11.1 Å². The van der Waals surface area contributed by atoms with Gasteiger partial charge in [0.1, 0.15) is 18.5 Å². The molecule has 3 atom stereocenters. The van der Waals surface area contributed by atoms with Gasteiger partial charge in [0.05, 0.1) is 23.9 Å². The smallest absolute Gasteiger partial charge is 0.331 e. The zero-order valence-electron chi connectivity index (χ0n) is 35.3. The number of nitrogens with zero attached hydrogens (tertiary/aromatic N) is 3. The molecule has 4 aromatic carbocycles. The van der Waals surface area contributed by atoms with Crippen LogP contribution >= 0.6 is 0 Å². The summed E-state index contributed by atoms with van der Waals surface area (Å²) >= 11 is 0. The number of hydrogen-bond acceptors (Lipinski definition) is 10. The summed E-state index contributed by atoms with van der Waals surface area (Å²) in [5.41, 5.74) is 4.10. The maximum atomic E-state index is 14.6. The van der Waals surface area contributed by atoms with E-state index in [4.69, 9.17) is 23.9 Å². The molecule has 6 rings (SSSR count). The average molecular weight is 806 g/mol. The van der Waals surface area contributed by atoms with Crippen LogP contribution < -0.4 is 4.74 Å². The van der Waals surface area contributed by atoms with Gasteiger partial charge in [-0.2, -0.15) is 5.06 Å². The molecule has 0 spiro atoms. The first kappa shape index (κ1) is 43.0. The summed E-state index contributed by atoms with van der Waals surface area (Å²) in [4.78, 5) is 61.3. The molecular weight excluding hydrogens is 751 g/mol. The van der Waals surface area contributed by atoms with Crippen LogP contribution in [0, 0.1) is 5.92 Å². The average Bonchev–Trinajstić information content (AvgIpc) is 3.73. The molecule has 1 amide bonds. The summed E-state index contributed by atoms with van der Waals surface area (Å²) in [6.07, 6.45) is 4.26. The largest absolute Gasteiger partial charge is 0.491 e. The predicted octanol–water partition coefficient (Wildman–Crippen LogP) is 9.30. The van der Waals surface area contributed by atoms with Crippen molar-refractivity contribution in [1.82, 2.24) is 9.63 Å². The summed E-state index contributed by atoms with van der Waals surface area (Å²) in [7, 11) is 0. The van der Waals surface area contributed by atoms with E-state index in [0.717, 1.165) is 69.9 Å². The summed E-state index contributed by atoms with van der Waals surface area (Å²) in [5.74, 6) is -1.43. The number of fused-ring (bicyclic) bond motifs is 5. The maximum absolute atomic E-state index is 14.6. The molecule has 0 saturated carbocycles. The van der Waals surface area contributed by atoms with Gasteiger partial charge in [0.15, 0.2) is 11.6 Å². The normalized spacial score (nSPS) is 16.3. The third kappa shape index (κ3) is 10.00. The van der Waals surface area contributed by atoms with Crippen LogP contribution in [0.25, 0.3) is 32.6 Å². The van der Waals surface area contributed by atoms with E-state index in [1.165, 1.54) is 20.8 Å². The number of ketones is 1. The lowest BCUT2D eigenvalue weighted by Crippen LogP contribution is -2.39. The van der Waals surface area contributed by atoms with Crippen molar-refractivity contribution in [1.29, 1.82) is 0 Å². The minimum atomic E-state index is -0.645.